The molecule has 4 nitrogen and oxygen atoms in total. The average molecular weight is 329 g/mol. The molecule has 2 aromatic rings. The van der Waals surface area contributed by atoms with Gasteiger partial charge in [-0.15, -0.1) is 0 Å². The van der Waals surface area contributed by atoms with Crippen LogP contribution in [0.1, 0.15) is 29.4 Å². The minimum atomic E-state index is -4.75. The fourth-order valence-electron chi connectivity index (χ4n) is 2.29. The molecule has 0 aliphatic heterocycles. The molecule has 0 aliphatic rings. The van der Waals surface area contributed by atoms with Crippen LogP contribution in [0.2, 0.25) is 0 Å². The van der Waals surface area contributed by atoms with E-state index in [1.165, 1.54) is 17.7 Å². The lowest BCUT2D eigenvalue weighted by atomic mass is 10.1. The molecule has 1 aromatic heterocycles. The van der Waals surface area contributed by atoms with Gasteiger partial charge in [0.15, 0.2) is 0 Å². The van der Waals surface area contributed by atoms with Gasteiger partial charge in [0.25, 0.3) is 0 Å². The summed E-state index contributed by atoms with van der Waals surface area (Å²) in [6.45, 7) is 4.47. The Bertz CT molecular complexity index is 750. The molecule has 0 saturated carbocycles. The molecule has 1 aromatic carbocycles. The van der Waals surface area contributed by atoms with E-state index in [1.807, 2.05) is 0 Å². The number of nitrogens with zero attached hydrogens (tertiary/aromatic N) is 2. The van der Waals surface area contributed by atoms with Crippen molar-refractivity contribution in [2.45, 2.75) is 33.5 Å². The number of hydrogen-bond acceptors (Lipinski definition) is 2. The van der Waals surface area contributed by atoms with E-state index < -0.39 is 17.6 Å². The van der Waals surface area contributed by atoms with Crippen molar-refractivity contribution in [1.82, 2.24) is 9.78 Å². The van der Waals surface area contributed by atoms with Crippen LogP contribution in [0.3, 0.4) is 0 Å². The number of benzene rings is 1. The van der Waals surface area contributed by atoms with Crippen LogP contribution in [-0.2, 0) is 17.5 Å². The van der Waals surface area contributed by atoms with Gasteiger partial charge >= 0.3 is 6.18 Å². The van der Waals surface area contributed by atoms with Gasteiger partial charge in [-0.3, -0.25) is 9.48 Å². The molecule has 0 radical (unpaired) electrons. The highest BCUT2D eigenvalue weighted by molar-refractivity contribution is 5.89. The number of hydrogen-bond donors (Lipinski definition) is 1. The molecule has 0 fully saturated rings. The summed E-state index contributed by atoms with van der Waals surface area (Å²) in [5, 5.41) is 6.75. The largest absolute Gasteiger partial charge is 0.419 e. The van der Waals surface area contributed by atoms with Crippen molar-refractivity contribution in [3.05, 3.63) is 46.5 Å². The number of anilines is 1. The highest BCUT2D eigenvalue weighted by atomic mass is 19.4. The fraction of sp³-hybridized carbons (Fsp3) is 0.333. The summed E-state index contributed by atoms with van der Waals surface area (Å²) >= 11 is 0. The molecule has 1 N–H and O–H groups in total. The van der Waals surface area contributed by atoms with Crippen molar-refractivity contribution in [1.29, 1.82) is 0 Å². The first-order valence-electron chi connectivity index (χ1n) is 6.77. The second-order valence-corrected chi connectivity index (χ2v) is 5.16. The summed E-state index contributed by atoms with van der Waals surface area (Å²) in [6, 6.07) is 3.13. The lowest BCUT2D eigenvalue weighted by Gasteiger charge is -2.12. The van der Waals surface area contributed by atoms with Crippen LogP contribution in [0.25, 0.3) is 0 Å². The zero-order chi connectivity index (χ0) is 17.4. The molecule has 1 heterocycles. The van der Waals surface area contributed by atoms with E-state index in [-0.39, 0.29) is 18.0 Å². The summed E-state index contributed by atoms with van der Waals surface area (Å²) in [6.07, 6.45) is -4.75. The topological polar surface area (TPSA) is 46.9 Å². The van der Waals surface area contributed by atoms with Gasteiger partial charge in [-0.05, 0) is 19.9 Å². The van der Waals surface area contributed by atoms with Crippen molar-refractivity contribution in [3.8, 4) is 0 Å². The average Bonchev–Trinajstić information content (AvgIpc) is 2.67. The molecule has 1 amide bonds. The molecule has 0 spiro atoms. The Morgan fingerprint density at radius 3 is 2.52 bits per heavy atom. The van der Waals surface area contributed by atoms with E-state index in [0.29, 0.717) is 23.1 Å². The normalized spacial score (nSPS) is 11.6. The van der Waals surface area contributed by atoms with Gasteiger partial charge in [-0.2, -0.15) is 18.3 Å². The van der Waals surface area contributed by atoms with Gasteiger partial charge in [0.05, 0.1) is 29.2 Å². The lowest BCUT2D eigenvalue weighted by Crippen LogP contribution is -2.13. The van der Waals surface area contributed by atoms with Gasteiger partial charge in [0.1, 0.15) is 5.82 Å². The molecule has 8 heteroatoms. The standard InChI is InChI=1S/C15H15F4N3O/c1-8-14(20-10(3)23)9(2)22(21-8)7-11-5-4-6-12(13(11)16)15(17,18)19/h4-6H,7H2,1-3H3,(H,20,23). The van der Waals surface area contributed by atoms with Crippen molar-refractivity contribution in [2.24, 2.45) is 0 Å². The number of halogens is 4. The first-order chi connectivity index (χ1) is 10.6. The molecule has 0 aliphatic carbocycles. The summed E-state index contributed by atoms with van der Waals surface area (Å²) in [5.41, 5.74) is 0.0860. The molecule has 0 saturated heterocycles. The number of nitrogens with one attached hydrogen (secondary N) is 1. The maximum Gasteiger partial charge on any atom is 0.419 e. The Kier molecular flexibility index (Phi) is 4.44. The number of aromatic nitrogens is 2. The van der Waals surface area contributed by atoms with Crippen molar-refractivity contribution in [2.75, 3.05) is 5.32 Å². The number of carbonyl (C=O) groups excluding carboxylic acids is 1. The Labute approximate surface area is 130 Å². The molecule has 0 bridgehead atoms. The number of carbonyl (C=O) groups is 1. The minimum Gasteiger partial charge on any atom is -0.323 e. The van der Waals surface area contributed by atoms with Gasteiger partial charge < -0.3 is 5.32 Å². The molecule has 2 rings (SSSR count). The van der Waals surface area contributed by atoms with Crippen LogP contribution in [0.4, 0.5) is 23.2 Å². The van der Waals surface area contributed by atoms with E-state index in [9.17, 15) is 22.4 Å². The smallest absolute Gasteiger partial charge is 0.323 e. The first kappa shape index (κ1) is 17.0. The van der Waals surface area contributed by atoms with Crippen LogP contribution in [0.15, 0.2) is 18.2 Å². The maximum absolute atomic E-state index is 14.1. The van der Waals surface area contributed by atoms with E-state index >= 15 is 0 Å². The monoisotopic (exact) mass is 329 g/mol. The van der Waals surface area contributed by atoms with Crippen molar-refractivity contribution < 1.29 is 22.4 Å². The third kappa shape index (κ3) is 3.52. The zero-order valence-electron chi connectivity index (χ0n) is 12.8. The summed E-state index contributed by atoms with van der Waals surface area (Å²) in [5.74, 6) is -1.60. The number of rotatable bonds is 3. The Hall–Kier alpha value is -2.38. The fourth-order valence-corrected chi connectivity index (χ4v) is 2.29. The zero-order valence-corrected chi connectivity index (χ0v) is 12.8. The van der Waals surface area contributed by atoms with E-state index in [4.69, 9.17) is 0 Å². The molecule has 0 atom stereocenters. The third-order valence-electron chi connectivity index (χ3n) is 3.39. The summed E-state index contributed by atoms with van der Waals surface area (Å²) in [7, 11) is 0. The first-order valence-corrected chi connectivity index (χ1v) is 6.77. The molecular weight excluding hydrogens is 314 g/mol. The number of aryl methyl sites for hydroxylation is 1. The molecule has 0 unspecified atom stereocenters. The predicted molar refractivity (Wildman–Crippen MR) is 76.5 cm³/mol. The van der Waals surface area contributed by atoms with E-state index in [1.54, 1.807) is 13.8 Å². The van der Waals surface area contributed by atoms with Gasteiger partial charge in [-0.25, -0.2) is 4.39 Å². The van der Waals surface area contributed by atoms with Gasteiger partial charge in [-0.1, -0.05) is 12.1 Å². The van der Waals surface area contributed by atoms with Crippen LogP contribution in [-0.4, -0.2) is 15.7 Å². The summed E-state index contributed by atoms with van der Waals surface area (Å²) in [4.78, 5) is 11.2. The Morgan fingerprint density at radius 1 is 1.30 bits per heavy atom. The Balaban J connectivity index is 2.39. The second-order valence-electron chi connectivity index (χ2n) is 5.16. The van der Waals surface area contributed by atoms with Crippen molar-refractivity contribution >= 4 is 11.6 Å². The highest BCUT2D eigenvalue weighted by Gasteiger charge is 2.34. The van der Waals surface area contributed by atoms with Crippen LogP contribution in [0.5, 0.6) is 0 Å². The molecular formula is C15H15F4N3O. The predicted octanol–water partition coefficient (Wildman–Crippen LogP) is 3.66. The van der Waals surface area contributed by atoms with Gasteiger partial charge in [0, 0.05) is 12.5 Å². The Morgan fingerprint density at radius 2 is 1.96 bits per heavy atom. The second kappa shape index (κ2) is 6.02. The van der Waals surface area contributed by atoms with Crippen molar-refractivity contribution in [3.63, 3.8) is 0 Å². The third-order valence-corrected chi connectivity index (χ3v) is 3.39. The molecule has 124 valence electrons. The van der Waals surface area contributed by atoms with Crippen LogP contribution >= 0.6 is 0 Å². The van der Waals surface area contributed by atoms with E-state index in [0.717, 1.165) is 6.07 Å². The van der Waals surface area contributed by atoms with Crippen LogP contribution in [0, 0.1) is 19.7 Å². The lowest BCUT2D eigenvalue weighted by molar-refractivity contribution is -0.140. The minimum absolute atomic E-state index is 0.125. The summed E-state index contributed by atoms with van der Waals surface area (Å²) < 4.78 is 53.7. The number of amides is 1. The van der Waals surface area contributed by atoms with Crippen LogP contribution < -0.4 is 5.32 Å². The highest BCUT2D eigenvalue weighted by Crippen LogP contribution is 2.32. The quantitative estimate of drug-likeness (QED) is 0.874. The number of alkyl halides is 3. The van der Waals surface area contributed by atoms with Gasteiger partial charge in [0.2, 0.25) is 5.91 Å². The maximum atomic E-state index is 14.1. The van der Waals surface area contributed by atoms with E-state index in [2.05, 4.69) is 10.4 Å². The SMILES string of the molecule is CC(=O)Nc1c(C)nn(Cc2cccc(C(F)(F)F)c2F)c1C. The molecule has 23 heavy (non-hydrogen) atoms.